The highest BCUT2D eigenvalue weighted by atomic mass is 16.7. The van der Waals surface area contributed by atoms with E-state index in [1.54, 1.807) is 6.20 Å². The van der Waals surface area contributed by atoms with Crippen LogP contribution in [0, 0.1) is 17.3 Å². The zero-order chi connectivity index (χ0) is 29.6. The molecular formula is C36H39BN3O3-. The first kappa shape index (κ1) is 27.2. The minimum Gasteiger partial charge on any atom is -0.545 e. The zero-order valence-electron chi connectivity index (χ0n) is 25.4. The highest BCUT2D eigenvalue weighted by Gasteiger charge is 2.70. The van der Waals surface area contributed by atoms with Crippen molar-refractivity contribution >= 4 is 6.89 Å². The van der Waals surface area contributed by atoms with Gasteiger partial charge in [0.1, 0.15) is 0 Å². The number of hydrogen-bond donors (Lipinski definition) is 1. The van der Waals surface area contributed by atoms with Crippen LogP contribution in [-0.2, 0) is 20.5 Å². The molecule has 1 N–H and O–H groups in total. The number of hydrogen-bond acceptors (Lipinski definition) is 6. The molecular weight excluding hydrogens is 533 g/mol. The van der Waals surface area contributed by atoms with Gasteiger partial charge in [-0.15, -0.1) is 0 Å². The lowest BCUT2D eigenvalue weighted by molar-refractivity contribution is -0.191. The molecule has 7 heteroatoms. The Labute approximate surface area is 254 Å². The lowest BCUT2D eigenvalue weighted by Crippen LogP contribution is -2.71. The van der Waals surface area contributed by atoms with Crippen LogP contribution < -0.4 is 0 Å². The summed E-state index contributed by atoms with van der Waals surface area (Å²) in [5.41, 5.74) is 4.23. The Kier molecular flexibility index (Phi) is 5.90. The summed E-state index contributed by atoms with van der Waals surface area (Å²) in [7, 11) is 0. The Balaban J connectivity index is 1.30. The Morgan fingerprint density at radius 2 is 1.53 bits per heavy atom. The second-order valence-corrected chi connectivity index (χ2v) is 13.9. The van der Waals surface area contributed by atoms with E-state index in [1.165, 1.54) is 5.56 Å². The van der Waals surface area contributed by atoms with Crippen LogP contribution in [0.5, 0.6) is 0 Å². The summed E-state index contributed by atoms with van der Waals surface area (Å²) < 4.78 is 14.4. The summed E-state index contributed by atoms with van der Waals surface area (Å²) in [6.45, 7) is 6.93. The third-order valence-electron chi connectivity index (χ3n) is 11.1. The number of fused-ring (bicyclic) bond motifs is 1. The smallest absolute Gasteiger partial charge is 0.463 e. The van der Waals surface area contributed by atoms with Gasteiger partial charge in [0.15, 0.2) is 0 Å². The largest absolute Gasteiger partial charge is 0.545 e. The number of aromatic nitrogens is 2. The fraction of sp³-hybridized carbons (Fsp3) is 0.389. The summed E-state index contributed by atoms with van der Waals surface area (Å²) in [6.07, 6.45) is 3.56. The summed E-state index contributed by atoms with van der Waals surface area (Å²) in [5.74, 6) is 0.792. The van der Waals surface area contributed by atoms with Crippen LogP contribution in [0.1, 0.15) is 68.8 Å². The van der Waals surface area contributed by atoms with E-state index in [4.69, 9.17) is 14.3 Å². The van der Waals surface area contributed by atoms with Gasteiger partial charge in [-0.2, -0.15) is 0 Å². The van der Waals surface area contributed by atoms with Crippen molar-refractivity contribution in [1.82, 2.24) is 14.8 Å². The Hall–Kier alpha value is -3.36. The minimum atomic E-state index is -2.85. The van der Waals surface area contributed by atoms with Gasteiger partial charge in [-0.25, -0.2) is 4.98 Å². The third-order valence-corrected chi connectivity index (χ3v) is 11.1. The Bertz CT molecular complexity index is 1630. The van der Waals surface area contributed by atoms with E-state index >= 15 is 0 Å². The average Bonchev–Trinajstić information content (AvgIpc) is 3.31. The molecule has 1 saturated carbocycles. The highest BCUT2D eigenvalue weighted by Crippen LogP contribution is 2.71. The van der Waals surface area contributed by atoms with Crippen LogP contribution in [0.2, 0.25) is 0 Å². The summed E-state index contributed by atoms with van der Waals surface area (Å²) in [6, 6.07) is 30.8. The molecule has 4 heterocycles. The van der Waals surface area contributed by atoms with Crippen LogP contribution in [0.3, 0.4) is 0 Å². The lowest BCUT2D eigenvalue weighted by atomic mass is 9.42. The van der Waals surface area contributed by atoms with Crippen LogP contribution in [0.15, 0.2) is 97.2 Å². The molecule has 9 rings (SSSR count). The summed E-state index contributed by atoms with van der Waals surface area (Å²) in [4.78, 5) is 12.0. The lowest BCUT2D eigenvalue weighted by Gasteiger charge is -2.69. The maximum Gasteiger partial charge on any atom is 0.463 e. The van der Waals surface area contributed by atoms with E-state index in [0.29, 0.717) is 12.5 Å². The van der Waals surface area contributed by atoms with E-state index in [9.17, 15) is 5.02 Å². The SMILES string of the molecule is CC(C)[C@@H]1N2CC[C@]3(O[B-]2(O)OC1(c1ccccc1)c1ccccc1)c1nc(-c2ccccn2)ccc1[C@@H]1C[C@H]3C1(C)C. The molecule has 0 radical (unpaired) electrons. The monoisotopic (exact) mass is 572 g/mol. The van der Waals surface area contributed by atoms with Crippen molar-refractivity contribution in [3.05, 3.63) is 120 Å². The normalized spacial score (nSPS) is 31.8. The zero-order valence-corrected chi connectivity index (χ0v) is 25.4. The molecule has 1 unspecified atom stereocenters. The van der Waals surface area contributed by atoms with Gasteiger partial charge in [0.2, 0.25) is 0 Å². The van der Waals surface area contributed by atoms with Crippen LogP contribution in [0.4, 0.5) is 0 Å². The summed E-state index contributed by atoms with van der Waals surface area (Å²) in [5, 5.41) is 12.8. The quantitative estimate of drug-likeness (QED) is 0.277. The fourth-order valence-electron chi connectivity index (χ4n) is 9.29. The van der Waals surface area contributed by atoms with Crippen molar-refractivity contribution < 1.29 is 14.3 Å². The first-order valence-electron chi connectivity index (χ1n) is 15.8. The first-order valence-corrected chi connectivity index (χ1v) is 15.8. The number of pyridine rings is 2. The van der Waals surface area contributed by atoms with Crippen LogP contribution in [0.25, 0.3) is 11.4 Å². The molecule has 2 saturated heterocycles. The van der Waals surface area contributed by atoms with Crippen molar-refractivity contribution in [3.8, 4) is 11.4 Å². The predicted molar refractivity (Wildman–Crippen MR) is 168 cm³/mol. The molecule has 3 fully saturated rings. The fourth-order valence-corrected chi connectivity index (χ4v) is 9.29. The third kappa shape index (κ3) is 3.63. The molecule has 5 aliphatic rings. The topological polar surface area (TPSA) is 67.7 Å². The molecule has 2 aromatic heterocycles. The van der Waals surface area contributed by atoms with Gasteiger partial charge in [0.25, 0.3) is 0 Å². The Morgan fingerprint density at radius 1 is 0.860 bits per heavy atom. The minimum absolute atomic E-state index is 0.0157. The number of rotatable bonds is 4. The van der Waals surface area contributed by atoms with E-state index in [1.807, 2.05) is 30.3 Å². The van der Waals surface area contributed by atoms with E-state index in [2.05, 4.69) is 98.2 Å². The van der Waals surface area contributed by atoms with E-state index < -0.39 is 18.1 Å². The average molecular weight is 573 g/mol. The van der Waals surface area contributed by atoms with Crippen LogP contribution >= 0.6 is 0 Å². The molecule has 2 bridgehead atoms. The molecule has 43 heavy (non-hydrogen) atoms. The van der Waals surface area contributed by atoms with Gasteiger partial charge in [-0.3, -0.25) is 4.98 Å². The highest BCUT2D eigenvalue weighted by molar-refractivity contribution is 6.57. The maximum atomic E-state index is 12.8. The second-order valence-electron chi connectivity index (χ2n) is 13.9. The molecule has 2 aliphatic heterocycles. The predicted octanol–water partition coefficient (Wildman–Crippen LogP) is 6.63. The second kappa shape index (κ2) is 9.32. The van der Waals surface area contributed by atoms with Crippen LogP contribution in [-0.4, -0.2) is 39.3 Å². The number of benzene rings is 2. The van der Waals surface area contributed by atoms with Gasteiger partial charge in [-0.1, -0.05) is 100 Å². The molecule has 3 aliphatic carbocycles. The molecule has 1 spiro atoms. The number of nitrogens with zero attached hydrogens (tertiary/aromatic N) is 3. The van der Waals surface area contributed by atoms with Gasteiger partial charge in [0, 0.05) is 12.2 Å². The van der Waals surface area contributed by atoms with Gasteiger partial charge in [-0.05, 0) is 77.4 Å². The van der Waals surface area contributed by atoms with Gasteiger partial charge >= 0.3 is 6.89 Å². The Morgan fingerprint density at radius 3 is 2.14 bits per heavy atom. The molecule has 5 atom stereocenters. The summed E-state index contributed by atoms with van der Waals surface area (Å²) >= 11 is 0. The van der Waals surface area contributed by atoms with Crippen molar-refractivity contribution in [2.75, 3.05) is 6.54 Å². The van der Waals surface area contributed by atoms with E-state index in [0.717, 1.165) is 41.1 Å². The first-order chi connectivity index (χ1) is 20.7. The molecule has 4 aromatic rings. The van der Waals surface area contributed by atoms with Crippen molar-refractivity contribution in [2.24, 2.45) is 17.3 Å². The van der Waals surface area contributed by atoms with Crippen molar-refractivity contribution in [2.45, 2.75) is 63.7 Å². The maximum absolute atomic E-state index is 12.8. The van der Waals surface area contributed by atoms with Gasteiger partial charge < -0.3 is 19.1 Å². The molecule has 0 amide bonds. The van der Waals surface area contributed by atoms with Crippen molar-refractivity contribution in [1.29, 1.82) is 0 Å². The van der Waals surface area contributed by atoms with Crippen molar-refractivity contribution in [3.63, 3.8) is 0 Å². The standard InChI is InChI=1S/C36H39BN3O3/c1-24(2)33-36(25-13-7-5-8-14-25,26-15-9-6-10-16-26)43-37(41)40(33)22-20-35(42-37)31-23-28(34(31,3)4)27-18-19-30(39-32(27)35)29-17-11-12-21-38-29/h5-19,21,24,28,31,33,41H,20,22-23H2,1-4H3/q-1/t28-,31-,33-,35+,37?/m0/s1. The van der Waals surface area contributed by atoms with E-state index in [-0.39, 0.29) is 23.3 Å². The molecule has 2 aromatic carbocycles. The molecule has 220 valence electrons. The van der Waals surface area contributed by atoms with Gasteiger partial charge in [0.05, 0.1) is 28.3 Å². The molecule has 6 nitrogen and oxygen atoms in total.